The van der Waals surface area contributed by atoms with Gasteiger partial charge in [0.15, 0.2) is 0 Å². The molecule has 2 aromatic carbocycles. The molecule has 0 aliphatic heterocycles. The number of benzene rings is 2. The fraction of sp³-hybridized carbons (Fsp3) is 0.333. The van der Waals surface area contributed by atoms with Gasteiger partial charge in [-0.2, -0.15) is 16.9 Å². The van der Waals surface area contributed by atoms with Gasteiger partial charge in [0.1, 0.15) is 5.75 Å². The minimum atomic E-state index is -3.67. The first-order valence-corrected chi connectivity index (χ1v) is 9.70. The Balaban J connectivity index is 2.44. The highest BCUT2D eigenvalue weighted by Gasteiger charge is 2.36. The second kappa shape index (κ2) is 7.59. The molecule has 0 saturated carbocycles. The molecule has 0 N–H and O–H groups in total. The van der Waals surface area contributed by atoms with Crippen molar-refractivity contribution in [2.75, 3.05) is 12.9 Å². The molecule has 24 heavy (non-hydrogen) atoms. The summed E-state index contributed by atoms with van der Waals surface area (Å²) in [6, 6.07) is 16.0. The summed E-state index contributed by atoms with van der Waals surface area (Å²) < 4.78 is 33.0. The van der Waals surface area contributed by atoms with Crippen LogP contribution in [0.1, 0.15) is 19.4 Å². The Bertz CT molecular complexity index is 757. The van der Waals surface area contributed by atoms with Crippen molar-refractivity contribution in [3.63, 3.8) is 0 Å². The van der Waals surface area contributed by atoms with Gasteiger partial charge in [-0.1, -0.05) is 30.3 Å². The van der Waals surface area contributed by atoms with Crippen LogP contribution < -0.4 is 4.74 Å². The van der Waals surface area contributed by atoms with E-state index in [1.807, 2.05) is 44.2 Å². The maximum Gasteiger partial charge on any atom is 0.243 e. The first-order chi connectivity index (χ1) is 11.3. The van der Waals surface area contributed by atoms with E-state index in [4.69, 9.17) is 4.74 Å². The molecule has 6 heteroatoms. The van der Waals surface area contributed by atoms with Gasteiger partial charge in [0.25, 0.3) is 0 Å². The van der Waals surface area contributed by atoms with E-state index in [2.05, 4.69) is 12.6 Å². The maximum absolute atomic E-state index is 13.2. The monoisotopic (exact) mass is 365 g/mol. The zero-order valence-electron chi connectivity index (χ0n) is 14.1. The van der Waals surface area contributed by atoms with Crippen molar-refractivity contribution in [1.82, 2.24) is 4.31 Å². The van der Waals surface area contributed by atoms with Gasteiger partial charge in [0.2, 0.25) is 10.0 Å². The highest BCUT2D eigenvalue weighted by Crippen LogP contribution is 2.29. The van der Waals surface area contributed by atoms with E-state index >= 15 is 0 Å². The minimum absolute atomic E-state index is 0.245. The zero-order valence-corrected chi connectivity index (χ0v) is 15.8. The molecule has 2 aromatic rings. The van der Waals surface area contributed by atoms with E-state index in [1.54, 1.807) is 31.4 Å². The van der Waals surface area contributed by atoms with Crippen LogP contribution in [0, 0.1) is 0 Å². The molecule has 0 unspecified atom stereocenters. The molecular formula is C18H23NO3S2. The molecule has 0 amide bonds. The highest BCUT2D eigenvalue weighted by molar-refractivity contribution is 7.89. The normalized spacial score (nSPS) is 12.4. The van der Waals surface area contributed by atoms with Crippen LogP contribution in [0.15, 0.2) is 59.5 Å². The van der Waals surface area contributed by atoms with Crippen molar-refractivity contribution in [3.05, 3.63) is 60.2 Å². The van der Waals surface area contributed by atoms with E-state index in [9.17, 15) is 8.42 Å². The van der Waals surface area contributed by atoms with Gasteiger partial charge in [-0.05, 0) is 43.7 Å². The molecular weight excluding hydrogens is 342 g/mol. The van der Waals surface area contributed by atoms with E-state index in [1.165, 1.54) is 4.31 Å². The fourth-order valence-electron chi connectivity index (χ4n) is 2.33. The van der Waals surface area contributed by atoms with Gasteiger partial charge in [-0.25, -0.2) is 8.42 Å². The Labute approximate surface area is 149 Å². The number of nitrogens with zero attached hydrogens (tertiary/aromatic N) is 1. The fourth-order valence-corrected chi connectivity index (χ4v) is 4.36. The largest absolute Gasteiger partial charge is 0.497 e. The SMILES string of the molecule is COc1ccc(S(=O)(=O)N(Cc2ccccc2)C(C)(C)CS)cc1. The molecule has 0 bridgehead atoms. The van der Waals surface area contributed by atoms with Gasteiger partial charge in [-0.3, -0.25) is 0 Å². The van der Waals surface area contributed by atoms with Crippen molar-refractivity contribution < 1.29 is 13.2 Å². The second-order valence-electron chi connectivity index (χ2n) is 6.14. The molecule has 0 radical (unpaired) electrons. The van der Waals surface area contributed by atoms with Crippen LogP contribution in [0.4, 0.5) is 0 Å². The molecule has 4 nitrogen and oxygen atoms in total. The van der Waals surface area contributed by atoms with Crippen molar-refractivity contribution in [2.45, 2.75) is 30.8 Å². The van der Waals surface area contributed by atoms with Crippen molar-refractivity contribution >= 4 is 22.7 Å². The van der Waals surface area contributed by atoms with Crippen molar-refractivity contribution in [3.8, 4) is 5.75 Å². The van der Waals surface area contributed by atoms with Crippen LogP contribution in [0.5, 0.6) is 5.75 Å². The van der Waals surface area contributed by atoms with E-state index in [-0.39, 0.29) is 4.90 Å². The lowest BCUT2D eigenvalue weighted by molar-refractivity contribution is 0.248. The molecule has 0 atom stereocenters. The predicted octanol–water partition coefficient (Wildman–Crippen LogP) is 3.59. The number of methoxy groups -OCH3 is 1. The molecule has 0 saturated heterocycles. The van der Waals surface area contributed by atoms with Gasteiger partial charge >= 0.3 is 0 Å². The zero-order chi connectivity index (χ0) is 17.8. The van der Waals surface area contributed by atoms with Gasteiger partial charge in [0.05, 0.1) is 12.0 Å². The number of hydrogen-bond donors (Lipinski definition) is 1. The minimum Gasteiger partial charge on any atom is -0.497 e. The quantitative estimate of drug-likeness (QED) is 0.763. The molecule has 0 spiro atoms. The van der Waals surface area contributed by atoms with Gasteiger partial charge in [-0.15, -0.1) is 0 Å². The lowest BCUT2D eigenvalue weighted by atomic mass is 10.1. The number of sulfonamides is 1. The van der Waals surface area contributed by atoms with E-state index in [0.717, 1.165) is 5.56 Å². The summed E-state index contributed by atoms with van der Waals surface area (Å²) in [6.07, 6.45) is 0. The average molecular weight is 366 g/mol. The van der Waals surface area contributed by atoms with Crippen LogP contribution in [0.2, 0.25) is 0 Å². The Morgan fingerprint density at radius 3 is 2.12 bits per heavy atom. The Morgan fingerprint density at radius 2 is 1.62 bits per heavy atom. The van der Waals surface area contributed by atoms with Crippen molar-refractivity contribution in [2.24, 2.45) is 0 Å². The van der Waals surface area contributed by atoms with Crippen LogP contribution in [0.3, 0.4) is 0 Å². The molecule has 0 aliphatic rings. The molecule has 0 aromatic heterocycles. The van der Waals surface area contributed by atoms with Crippen LogP contribution in [-0.4, -0.2) is 31.1 Å². The summed E-state index contributed by atoms with van der Waals surface area (Å²) in [4.78, 5) is 0.245. The highest BCUT2D eigenvalue weighted by atomic mass is 32.2. The van der Waals surface area contributed by atoms with Crippen LogP contribution >= 0.6 is 12.6 Å². The summed E-state index contributed by atoms with van der Waals surface area (Å²) in [5.74, 6) is 1.03. The second-order valence-corrected chi connectivity index (χ2v) is 8.32. The Morgan fingerprint density at radius 1 is 1.04 bits per heavy atom. The third kappa shape index (κ3) is 4.12. The number of thiol groups is 1. The van der Waals surface area contributed by atoms with Crippen molar-refractivity contribution in [1.29, 1.82) is 0 Å². The molecule has 2 rings (SSSR count). The summed E-state index contributed by atoms with van der Waals surface area (Å²) in [6.45, 7) is 4.05. The first-order valence-electron chi connectivity index (χ1n) is 7.63. The number of ether oxygens (including phenoxy) is 1. The number of hydrogen-bond acceptors (Lipinski definition) is 4. The Kier molecular flexibility index (Phi) is 5.96. The smallest absolute Gasteiger partial charge is 0.243 e. The van der Waals surface area contributed by atoms with Crippen LogP contribution in [-0.2, 0) is 16.6 Å². The summed E-state index contributed by atoms with van der Waals surface area (Å²) in [5.41, 5.74) is 0.307. The molecule has 0 fully saturated rings. The third-order valence-electron chi connectivity index (χ3n) is 3.88. The lowest BCUT2D eigenvalue weighted by Gasteiger charge is -2.36. The standard InChI is InChI=1S/C18H23NO3S2/c1-18(2,14-23)19(13-15-7-5-4-6-8-15)24(20,21)17-11-9-16(22-3)10-12-17/h4-12,23H,13-14H2,1-3H3. The molecule has 130 valence electrons. The first kappa shape index (κ1) is 18.8. The summed E-state index contributed by atoms with van der Waals surface area (Å²) in [7, 11) is -2.11. The number of rotatable bonds is 7. The average Bonchev–Trinajstić information content (AvgIpc) is 2.60. The molecule has 0 heterocycles. The summed E-state index contributed by atoms with van der Waals surface area (Å²) >= 11 is 4.36. The van der Waals surface area contributed by atoms with E-state index < -0.39 is 15.6 Å². The predicted molar refractivity (Wildman–Crippen MR) is 100 cm³/mol. The topological polar surface area (TPSA) is 46.6 Å². The summed E-state index contributed by atoms with van der Waals surface area (Å²) in [5, 5.41) is 0. The van der Waals surface area contributed by atoms with Gasteiger partial charge in [0, 0.05) is 17.8 Å². The third-order valence-corrected chi connectivity index (χ3v) is 6.72. The maximum atomic E-state index is 13.2. The van der Waals surface area contributed by atoms with E-state index in [0.29, 0.717) is 18.0 Å². The lowest BCUT2D eigenvalue weighted by Crippen LogP contribution is -2.48. The van der Waals surface area contributed by atoms with Crippen LogP contribution in [0.25, 0.3) is 0 Å². The Hall–Kier alpha value is -1.50. The molecule has 0 aliphatic carbocycles. The van der Waals surface area contributed by atoms with Gasteiger partial charge < -0.3 is 4.74 Å².